The van der Waals surface area contributed by atoms with Crippen molar-refractivity contribution in [3.05, 3.63) is 42.0 Å². The third-order valence-electron chi connectivity index (χ3n) is 3.61. The van der Waals surface area contributed by atoms with Gasteiger partial charge in [-0.3, -0.25) is 9.69 Å². The Morgan fingerprint density at radius 1 is 1.17 bits per heavy atom. The molecule has 0 saturated heterocycles. The van der Waals surface area contributed by atoms with Gasteiger partial charge in [-0.05, 0) is 17.7 Å². The van der Waals surface area contributed by atoms with E-state index >= 15 is 0 Å². The van der Waals surface area contributed by atoms with Crippen molar-refractivity contribution in [1.29, 1.82) is 0 Å². The van der Waals surface area contributed by atoms with E-state index in [9.17, 15) is 4.79 Å². The second kappa shape index (κ2) is 9.46. The number of aliphatic carboxylic acids is 2. The van der Waals surface area contributed by atoms with Crippen molar-refractivity contribution in [3.63, 3.8) is 0 Å². The lowest BCUT2D eigenvalue weighted by atomic mass is 9.89. The molecule has 0 saturated carbocycles. The Labute approximate surface area is 140 Å². The number of hydrogen-bond donors (Lipinski definition) is 2. The van der Waals surface area contributed by atoms with Crippen molar-refractivity contribution >= 4 is 23.5 Å². The number of benzene rings is 1. The quantitative estimate of drug-likeness (QED) is 0.634. The minimum absolute atomic E-state index is 0.150. The van der Waals surface area contributed by atoms with Gasteiger partial charge in [0.2, 0.25) is 0 Å². The summed E-state index contributed by atoms with van der Waals surface area (Å²) >= 11 is 0. The summed E-state index contributed by atoms with van der Waals surface area (Å²) in [5.41, 5.74) is 2.20. The number of likely N-dealkylation sites (N-methyl/N-ethyl adjacent to an activating group) is 1. The Morgan fingerprint density at radius 2 is 1.75 bits per heavy atom. The average molecular weight is 335 g/mol. The molecule has 7 nitrogen and oxygen atoms in total. The lowest BCUT2D eigenvalue weighted by Gasteiger charge is -2.30. The normalized spacial score (nSPS) is 17.1. The fourth-order valence-electron chi connectivity index (χ4n) is 2.35. The molecule has 1 atom stereocenters. The first-order chi connectivity index (χ1) is 11.4. The molecule has 24 heavy (non-hydrogen) atoms. The van der Waals surface area contributed by atoms with E-state index in [1.807, 2.05) is 30.3 Å². The van der Waals surface area contributed by atoms with Crippen molar-refractivity contribution < 1.29 is 29.3 Å². The molecule has 7 heteroatoms. The number of carboxylic acids is 2. The number of carbonyl (C=O) groups is 3. The van der Waals surface area contributed by atoms with Crippen molar-refractivity contribution in [2.45, 2.75) is 6.92 Å². The van der Waals surface area contributed by atoms with Gasteiger partial charge in [0.05, 0.1) is 13.0 Å². The minimum Gasteiger partial charge on any atom is -0.473 e. The van der Waals surface area contributed by atoms with Gasteiger partial charge < -0.3 is 14.9 Å². The van der Waals surface area contributed by atoms with E-state index in [0.29, 0.717) is 0 Å². The van der Waals surface area contributed by atoms with Crippen LogP contribution < -0.4 is 0 Å². The number of carboxylic acid groups (broad SMARTS) is 2. The Bertz CT molecular complexity index is 599. The van der Waals surface area contributed by atoms with Gasteiger partial charge in [0.25, 0.3) is 0 Å². The Hall–Kier alpha value is -2.67. The number of esters is 1. The summed E-state index contributed by atoms with van der Waals surface area (Å²) in [6.45, 7) is 4.69. The number of carbonyl (C=O) groups excluding carboxylic acids is 1. The summed E-state index contributed by atoms with van der Waals surface area (Å²) in [6, 6.07) is 10.1. The van der Waals surface area contributed by atoms with Crippen LogP contribution in [0.25, 0.3) is 5.57 Å². The van der Waals surface area contributed by atoms with E-state index in [0.717, 1.165) is 30.8 Å². The van der Waals surface area contributed by atoms with Crippen molar-refractivity contribution in [2.75, 3.05) is 26.7 Å². The van der Waals surface area contributed by atoms with Gasteiger partial charge in [-0.25, -0.2) is 9.59 Å². The number of rotatable bonds is 3. The SMILES string of the molecule is CCN1CC=C(c2ccccc2)C(C(=O)OC)C1.O=C(O)C(=O)O. The van der Waals surface area contributed by atoms with E-state index in [-0.39, 0.29) is 11.9 Å². The zero-order valence-corrected chi connectivity index (χ0v) is 13.6. The van der Waals surface area contributed by atoms with Crippen LogP contribution in [0, 0.1) is 5.92 Å². The number of hydrogen-bond acceptors (Lipinski definition) is 5. The second-order valence-corrected chi connectivity index (χ2v) is 5.06. The van der Waals surface area contributed by atoms with Crippen molar-refractivity contribution in [2.24, 2.45) is 5.92 Å². The first-order valence-electron chi connectivity index (χ1n) is 7.42. The summed E-state index contributed by atoms with van der Waals surface area (Å²) < 4.78 is 4.93. The molecule has 0 bridgehead atoms. The molecule has 1 unspecified atom stereocenters. The molecule has 0 fully saturated rings. The molecular weight excluding hydrogens is 314 g/mol. The molecule has 1 heterocycles. The van der Waals surface area contributed by atoms with E-state index in [1.165, 1.54) is 7.11 Å². The summed E-state index contributed by atoms with van der Waals surface area (Å²) in [7, 11) is 1.45. The van der Waals surface area contributed by atoms with Crippen LogP contribution in [-0.4, -0.2) is 59.8 Å². The monoisotopic (exact) mass is 335 g/mol. The highest BCUT2D eigenvalue weighted by Gasteiger charge is 2.29. The maximum Gasteiger partial charge on any atom is 0.414 e. The van der Waals surface area contributed by atoms with Crippen LogP contribution in [0.4, 0.5) is 0 Å². The highest BCUT2D eigenvalue weighted by atomic mass is 16.5. The van der Waals surface area contributed by atoms with Crippen LogP contribution in [-0.2, 0) is 19.1 Å². The van der Waals surface area contributed by atoms with Gasteiger partial charge in [0.1, 0.15) is 0 Å². The zero-order valence-electron chi connectivity index (χ0n) is 13.6. The fourth-order valence-corrected chi connectivity index (χ4v) is 2.35. The summed E-state index contributed by atoms with van der Waals surface area (Å²) in [4.78, 5) is 32.4. The maximum atomic E-state index is 11.9. The van der Waals surface area contributed by atoms with Crippen molar-refractivity contribution in [1.82, 2.24) is 4.90 Å². The van der Waals surface area contributed by atoms with Gasteiger partial charge in [-0.2, -0.15) is 0 Å². The number of ether oxygens (including phenoxy) is 1. The molecule has 1 aromatic carbocycles. The summed E-state index contributed by atoms with van der Waals surface area (Å²) in [5, 5.41) is 14.8. The molecule has 2 rings (SSSR count). The van der Waals surface area contributed by atoms with Crippen LogP contribution in [0.1, 0.15) is 12.5 Å². The standard InChI is InChI=1S/C15H19NO2.C2H2O4/c1-3-16-10-9-13(12-7-5-4-6-8-12)14(11-16)15(17)18-2;3-1(4)2(5)6/h4-9,14H,3,10-11H2,1-2H3;(H,3,4)(H,5,6). The molecular formula is C17H21NO6. The molecule has 1 aliphatic heterocycles. The molecule has 0 aromatic heterocycles. The van der Waals surface area contributed by atoms with Gasteiger partial charge in [-0.1, -0.05) is 43.3 Å². The minimum atomic E-state index is -1.82. The van der Waals surface area contributed by atoms with E-state index < -0.39 is 11.9 Å². The maximum absolute atomic E-state index is 11.9. The number of methoxy groups -OCH3 is 1. The van der Waals surface area contributed by atoms with E-state index in [1.54, 1.807) is 0 Å². The molecule has 0 radical (unpaired) electrons. The van der Waals surface area contributed by atoms with Crippen molar-refractivity contribution in [3.8, 4) is 0 Å². The van der Waals surface area contributed by atoms with Crippen LogP contribution in [0.2, 0.25) is 0 Å². The lowest BCUT2D eigenvalue weighted by molar-refractivity contribution is -0.159. The molecule has 0 amide bonds. The molecule has 1 aromatic rings. The predicted octanol–water partition coefficient (Wildman–Crippen LogP) is 1.35. The van der Waals surface area contributed by atoms with Gasteiger partial charge >= 0.3 is 17.9 Å². The van der Waals surface area contributed by atoms with Crippen LogP contribution >= 0.6 is 0 Å². The van der Waals surface area contributed by atoms with Crippen LogP contribution in [0.3, 0.4) is 0 Å². The van der Waals surface area contributed by atoms with Gasteiger partial charge in [-0.15, -0.1) is 0 Å². The molecule has 1 aliphatic rings. The Balaban J connectivity index is 0.000000413. The van der Waals surface area contributed by atoms with Gasteiger partial charge in [0.15, 0.2) is 0 Å². The average Bonchev–Trinajstić information content (AvgIpc) is 2.61. The first-order valence-corrected chi connectivity index (χ1v) is 7.42. The highest BCUT2D eigenvalue weighted by molar-refractivity contribution is 6.27. The smallest absolute Gasteiger partial charge is 0.414 e. The zero-order chi connectivity index (χ0) is 18.1. The lowest BCUT2D eigenvalue weighted by Crippen LogP contribution is -2.38. The Morgan fingerprint density at radius 3 is 2.21 bits per heavy atom. The van der Waals surface area contributed by atoms with E-state index in [4.69, 9.17) is 24.5 Å². The fraction of sp³-hybridized carbons (Fsp3) is 0.353. The van der Waals surface area contributed by atoms with Crippen LogP contribution in [0.15, 0.2) is 36.4 Å². The predicted molar refractivity (Wildman–Crippen MR) is 87.3 cm³/mol. The third kappa shape index (κ3) is 5.51. The first kappa shape index (κ1) is 19.4. The molecule has 130 valence electrons. The topological polar surface area (TPSA) is 104 Å². The Kier molecular flexibility index (Phi) is 7.64. The summed E-state index contributed by atoms with van der Waals surface area (Å²) in [5.74, 6) is -3.97. The summed E-state index contributed by atoms with van der Waals surface area (Å²) in [6.07, 6.45) is 2.14. The molecule has 2 N–H and O–H groups in total. The number of nitrogens with zero attached hydrogens (tertiary/aromatic N) is 1. The largest absolute Gasteiger partial charge is 0.473 e. The molecule has 0 aliphatic carbocycles. The van der Waals surface area contributed by atoms with E-state index in [2.05, 4.69) is 17.9 Å². The molecule has 0 spiro atoms. The van der Waals surface area contributed by atoms with Gasteiger partial charge in [0, 0.05) is 13.1 Å². The highest BCUT2D eigenvalue weighted by Crippen LogP contribution is 2.28. The third-order valence-corrected chi connectivity index (χ3v) is 3.61. The van der Waals surface area contributed by atoms with Crippen LogP contribution in [0.5, 0.6) is 0 Å². The second-order valence-electron chi connectivity index (χ2n) is 5.06.